The molecule has 13 aromatic rings. The zero-order valence-electron chi connectivity index (χ0n) is 33.5. The molecule has 0 aliphatic carbocycles. The van der Waals surface area contributed by atoms with Crippen molar-refractivity contribution in [2.45, 2.75) is 0 Å². The molecule has 13 rings (SSSR count). The van der Waals surface area contributed by atoms with E-state index < -0.39 is 0 Å². The van der Waals surface area contributed by atoms with Gasteiger partial charge in [-0.1, -0.05) is 157 Å². The highest BCUT2D eigenvalue weighted by Gasteiger charge is 2.24. The van der Waals surface area contributed by atoms with Gasteiger partial charge in [0.15, 0.2) is 0 Å². The van der Waals surface area contributed by atoms with Crippen LogP contribution in [-0.2, 0) is 0 Å². The summed E-state index contributed by atoms with van der Waals surface area (Å²) in [5.41, 5.74) is 15.1. The highest BCUT2D eigenvalue weighted by atomic mass is 15.4. The molecule has 0 radical (unpaired) electrons. The minimum atomic E-state index is 0.845. The lowest BCUT2D eigenvalue weighted by Crippen LogP contribution is -2.01. The summed E-state index contributed by atoms with van der Waals surface area (Å²) in [6.07, 6.45) is 0. The van der Waals surface area contributed by atoms with Crippen LogP contribution < -0.4 is 0 Å². The molecule has 0 amide bonds. The highest BCUT2D eigenvalue weighted by Crippen LogP contribution is 2.43. The van der Waals surface area contributed by atoms with Gasteiger partial charge in [-0.3, -0.25) is 0 Å². The predicted molar refractivity (Wildman–Crippen MR) is 255 cm³/mol. The normalized spacial score (nSPS) is 11.9. The number of nitrogens with zero attached hydrogens (tertiary/aromatic N) is 6. The van der Waals surface area contributed by atoms with Crippen molar-refractivity contribution in [3.63, 3.8) is 0 Å². The molecule has 0 atom stereocenters. The van der Waals surface area contributed by atoms with Crippen molar-refractivity contribution < 1.29 is 0 Å². The van der Waals surface area contributed by atoms with Crippen molar-refractivity contribution in [3.8, 4) is 45.3 Å². The molecule has 0 aliphatic rings. The molecule has 4 aromatic heterocycles. The van der Waals surface area contributed by atoms with E-state index in [0.29, 0.717) is 0 Å². The average Bonchev–Trinajstić information content (AvgIpc) is 4.11. The fourth-order valence-corrected chi connectivity index (χ4v) is 9.95. The summed E-state index contributed by atoms with van der Waals surface area (Å²) in [7, 11) is 0. The van der Waals surface area contributed by atoms with E-state index in [0.717, 1.165) is 78.1 Å². The van der Waals surface area contributed by atoms with Gasteiger partial charge in [-0.05, 0) is 66.7 Å². The molecular weight excluding hydrogens is 757 g/mol. The van der Waals surface area contributed by atoms with Crippen molar-refractivity contribution in [2.24, 2.45) is 0 Å². The Morgan fingerprint density at radius 2 is 0.823 bits per heavy atom. The zero-order valence-corrected chi connectivity index (χ0v) is 33.5. The maximum Gasteiger partial charge on any atom is 0.121 e. The van der Waals surface area contributed by atoms with Gasteiger partial charge in [0.05, 0.1) is 38.8 Å². The Morgan fingerprint density at radius 3 is 1.50 bits per heavy atom. The van der Waals surface area contributed by atoms with Gasteiger partial charge in [-0.15, -0.1) is 5.10 Å². The molecule has 0 aliphatic heterocycles. The number of rotatable bonds is 6. The van der Waals surface area contributed by atoms with Crippen molar-refractivity contribution >= 4 is 65.4 Å². The van der Waals surface area contributed by atoms with Crippen LogP contribution in [0.5, 0.6) is 0 Å². The summed E-state index contributed by atoms with van der Waals surface area (Å²) < 4.78 is 9.30. The molecule has 0 saturated heterocycles. The van der Waals surface area contributed by atoms with Gasteiger partial charge in [0, 0.05) is 60.5 Å². The quantitative estimate of drug-likeness (QED) is 0.168. The van der Waals surface area contributed by atoms with E-state index in [1.807, 2.05) is 16.8 Å². The Balaban J connectivity index is 1.05. The molecule has 0 N–H and O–H groups in total. The monoisotopic (exact) mass is 792 g/mol. The minimum Gasteiger partial charge on any atom is -0.309 e. The van der Waals surface area contributed by atoms with Crippen LogP contribution in [0.4, 0.5) is 0 Å². The van der Waals surface area contributed by atoms with Gasteiger partial charge in [-0.25, -0.2) is 4.68 Å². The molecule has 62 heavy (non-hydrogen) atoms. The van der Waals surface area contributed by atoms with Crippen LogP contribution in [0.2, 0.25) is 0 Å². The topological polar surface area (TPSA) is 45.5 Å². The first-order valence-electron chi connectivity index (χ1n) is 21.0. The van der Waals surface area contributed by atoms with Crippen LogP contribution in [0, 0.1) is 0 Å². The standard InChI is InChI=1S/C56H36N6/c1-4-18-37(19-5-1)54-55(38-20-6-2-7-21-38)62(58-57-54)51-33-17-32-49-52(51)44-27-11-14-30-47(44)59(49)40-24-16-25-41(36-40)60-48-31-15-12-28-45(48)53-50(60)35-34-43-42-26-10-13-29-46(42)61(56(43)53)39-22-8-3-9-23-39/h1-36H. The van der Waals surface area contributed by atoms with E-state index in [1.165, 1.54) is 32.6 Å². The predicted octanol–water partition coefficient (Wildman–Crippen LogP) is 13.9. The summed E-state index contributed by atoms with van der Waals surface area (Å²) in [5, 5.41) is 16.9. The Morgan fingerprint density at radius 1 is 0.323 bits per heavy atom. The third kappa shape index (κ3) is 4.98. The van der Waals surface area contributed by atoms with Gasteiger partial charge in [-0.2, -0.15) is 0 Å². The molecule has 0 unspecified atom stereocenters. The van der Waals surface area contributed by atoms with Crippen molar-refractivity contribution in [2.75, 3.05) is 0 Å². The fourth-order valence-electron chi connectivity index (χ4n) is 9.95. The summed E-state index contributed by atoms with van der Waals surface area (Å²) >= 11 is 0. The molecule has 4 heterocycles. The molecule has 0 saturated carbocycles. The minimum absolute atomic E-state index is 0.845. The third-order valence-corrected chi connectivity index (χ3v) is 12.5. The first-order valence-corrected chi connectivity index (χ1v) is 21.0. The molecule has 0 spiro atoms. The number of para-hydroxylation sites is 4. The number of hydrogen-bond donors (Lipinski definition) is 0. The van der Waals surface area contributed by atoms with Crippen LogP contribution in [-0.4, -0.2) is 28.7 Å². The molecular formula is C56H36N6. The summed E-state index contributed by atoms with van der Waals surface area (Å²) in [4.78, 5) is 0. The lowest BCUT2D eigenvalue weighted by Gasteiger charge is -2.13. The Kier molecular flexibility index (Phi) is 7.50. The van der Waals surface area contributed by atoms with Crippen LogP contribution in [0.3, 0.4) is 0 Å². The van der Waals surface area contributed by atoms with Crippen LogP contribution >= 0.6 is 0 Å². The maximum atomic E-state index is 4.90. The van der Waals surface area contributed by atoms with E-state index in [-0.39, 0.29) is 0 Å². The first-order chi connectivity index (χ1) is 30.8. The fraction of sp³-hybridized carbons (Fsp3) is 0. The summed E-state index contributed by atoms with van der Waals surface area (Å²) in [5.74, 6) is 0. The zero-order chi connectivity index (χ0) is 40.7. The number of fused-ring (bicyclic) bond motifs is 10. The second kappa shape index (κ2) is 13.5. The second-order valence-electron chi connectivity index (χ2n) is 15.9. The lowest BCUT2D eigenvalue weighted by molar-refractivity contribution is 0.813. The van der Waals surface area contributed by atoms with Crippen molar-refractivity contribution in [1.82, 2.24) is 28.7 Å². The third-order valence-electron chi connectivity index (χ3n) is 12.5. The van der Waals surface area contributed by atoms with Crippen molar-refractivity contribution in [3.05, 3.63) is 218 Å². The SMILES string of the molecule is c1ccc(-c2nnn(-c3cccc4c3c3ccccc3n4-c3cccc(-n4c5ccccc5c5c4ccc4c6ccccc6n(-c6ccccc6)c45)c3)c2-c2ccccc2)cc1. The number of hydrogen-bond acceptors (Lipinski definition) is 2. The average molecular weight is 793 g/mol. The van der Waals surface area contributed by atoms with E-state index in [4.69, 9.17) is 10.3 Å². The van der Waals surface area contributed by atoms with Crippen LogP contribution in [0.1, 0.15) is 0 Å². The molecule has 6 heteroatoms. The maximum absolute atomic E-state index is 4.90. The molecule has 6 nitrogen and oxygen atoms in total. The van der Waals surface area contributed by atoms with Crippen molar-refractivity contribution in [1.29, 1.82) is 0 Å². The number of benzene rings is 9. The van der Waals surface area contributed by atoms with Gasteiger partial charge >= 0.3 is 0 Å². The summed E-state index contributed by atoms with van der Waals surface area (Å²) in [6.45, 7) is 0. The summed E-state index contributed by atoms with van der Waals surface area (Å²) in [6, 6.07) is 78.0. The lowest BCUT2D eigenvalue weighted by atomic mass is 10.0. The smallest absolute Gasteiger partial charge is 0.121 e. The van der Waals surface area contributed by atoms with Crippen LogP contribution in [0.15, 0.2) is 218 Å². The van der Waals surface area contributed by atoms with E-state index >= 15 is 0 Å². The van der Waals surface area contributed by atoms with E-state index in [9.17, 15) is 0 Å². The Hall–Kier alpha value is -8.48. The van der Waals surface area contributed by atoms with Crippen LogP contribution in [0.25, 0.3) is 111 Å². The Labute approximate surface area is 356 Å². The number of aromatic nitrogens is 6. The first kappa shape index (κ1) is 34.4. The van der Waals surface area contributed by atoms with Gasteiger partial charge < -0.3 is 13.7 Å². The largest absolute Gasteiger partial charge is 0.309 e. The molecule has 0 fully saturated rings. The Bertz CT molecular complexity index is 3850. The molecule has 0 bridgehead atoms. The van der Waals surface area contributed by atoms with E-state index in [1.54, 1.807) is 0 Å². The second-order valence-corrected chi connectivity index (χ2v) is 15.9. The highest BCUT2D eigenvalue weighted by molar-refractivity contribution is 6.26. The van der Waals surface area contributed by atoms with E-state index in [2.05, 4.69) is 220 Å². The molecule has 9 aromatic carbocycles. The van der Waals surface area contributed by atoms with Gasteiger partial charge in [0.2, 0.25) is 0 Å². The molecule has 290 valence electrons. The van der Waals surface area contributed by atoms with Gasteiger partial charge in [0.1, 0.15) is 11.4 Å². The van der Waals surface area contributed by atoms with Gasteiger partial charge in [0.25, 0.3) is 0 Å².